The van der Waals surface area contributed by atoms with Crippen molar-refractivity contribution in [1.29, 1.82) is 0 Å². The standard InChI is InChI=1S/8C5H5N.C4H4N2.2C2H6O.12FH.3V/c8*1-2-4-6-5-3-1;1-2-6-4-3-5-1;2*1-2-3;;;;;;;;;;;;;;;/h8*1-5H;1-4H;2*3H,2H2,1H3;12*1H;;;/q;;;;;;;;;;;;;;;;;;;;;;;;;+2/p-8. The van der Waals surface area contributed by atoms with E-state index in [1.165, 1.54) is 0 Å². The monoisotopic (exact) mass is 1190 g/mol. The zero-order valence-electron chi connectivity index (χ0n) is 40.3. The van der Waals surface area contributed by atoms with Crippen LogP contribution in [-0.2, 0) is 55.7 Å². The van der Waals surface area contributed by atoms with E-state index in [0.717, 1.165) is 0 Å². The number of pyridine rings is 8. The maximum atomic E-state index is 7.57. The summed E-state index contributed by atoms with van der Waals surface area (Å²) in [6, 6.07) is 46.0. The zero-order chi connectivity index (χ0) is 43.6. The van der Waals surface area contributed by atoms with Crippen LogP contribution in [0.4, 0.5) is 0 Å². The zero-order valence-corrected chi connectivity index (χ0v) is 44.5. The third kappa shape index (κ3) is 128. The number of hydrogen-bond acceptors (Lipinski definition) is 8. The van der Waals surface area contributed by atoms with Crippen LogP contribution in [0.15, 0.2) is 270 Å². The number of rotatable bonds is 0. The van der Waals surface area contributed by atoms with Crippen molar-refractivity contribution in [3.05, 3.63) is 270 Å². The Morgan fingerprint density at radius 1 is 0.227 bits per heavy atom. The van der Waals surface area contributed by atoms with E-state index in [1.54, 1.807) is 88.2 Å². The third-order valence-electron chi connectivity index (χ3n) is 5.16. The quantitative estimate of drug-likeness (QED) is 0.141. The van der Waals surface area contributed by atoms with Crippen molar-refractivity contribution >= 4 is 0 Å². The summed E-state index contributed by atoms with van der Waals surface area (Å²) in [5, 5.41) is 15.1. The van der Waals surface area contributed by atoms with Gasteiger partial charge in [0.25, 0.3) is 0 Å². The number of nitrogens with zero attached hydrogens (tertiary/aromatic N) is 6. The average Bonchev–Trinajstić information content (AvgIpc) is 3.38. The maximum Gasteiger partial charge on any atom is 2.00 e. The van der Waals surface area contributed by atoms with Gasteiger partial charge in [-0.15, -0.1) is 0 Å². The van der Waals surface area contributed by atoms with Crippen LogP contribution < -0.4 is 76.4 Å². The Morgan fingerprint density at radius 3 is 0.373 bits per heavy atom. The molecule has 0 spiro atoms. The molecular weight excluding hydrogens is 1130 g/mol. The van der Waals surface area contributed by atoms with Crippen molar-refractivity contribution in [2.24, 2.45) is 0 Å². The molecule has 0 aliphatic heterocycles. The maximum absolute atomic E-state index is 7.57. The van der Waals surface area contributed by atoms with Gasteiger partial charge in [-0.1, -0.05) is 48.5 Å². The Labute approximate surface area is 466 Å². The van der Waals surface area contributed by atoms with Crippen LogP contribution in [0.2, 0.25) is 0 Å². The van der Waals surface area contributed by atoms with E-state index >= 15 is 0 Å². The van der Waals surface area contributed by atoms with Gasteiger partial charge >= 0.3 is 18.6 Å². The first-order valence-corrected chi connectivity index (χ1v) is 18.8. The van der Waals surface area contributed by atoms with E-state index in [9.17, 15) is 0 Å². The van der Waals surface area contributed by atoms with Gasteiger partial charge in [0, 0.05) is 149 Å². The Bertz CT molecular complexity index is 1250. The predicted molar refractivity (Wildman–Crippen MR) is 236 cm³/mol. The van der Waals surface area contributed by atoms with Crippen molar-refractivity contribution in [3.8, 4) is 0 Å². The van der Waals surface area contributed by atoms with Crippen molar-refractivity contribution in [2.75, 3.05) is 13.2 Å². The van der Waals surface area contributed by atoms with Gasteiger partial charge in [0.2, 0.25) is 24.8 Å². The van der Waals surface area contributed by atoms with Gasteiger partial charge in [-0.3, -0.25) is 29.9 Å². The van der Waals surface area contributed by atoms with Crippen LogP contribution in [0, 0.1) is 0 Å². The summed E-state index contributed by atoms with van der Waals surface area (Å²) in [5.74, 6) is 0. The van der Waals surface area contributed by atoms with Crippen LogP contribution >= 0.6 is 0 Å². The molecule has 0 unspecified atom stereocenters. The fourth-order valence-corrected chi connectivity index (χ4v) is 2.86. The molecule has 3 radical (unpaired) electrons. The van der Waals surface area contributed by atoms with Crippen LogP contribution in [0.25, 0.3) is 0 Å². The van der Waals surface area contributed by atoms with Crippen molar-refractivity contribution in [1.82, 2.24) is 29.9 Å². The van der Waals surface area contributed by atoms with Gasteiger partial charge < -0.3 is 66.7 Å². The summed E-state index contributed by atoms with van der Waals surface area (Å²) < 4.78 is 0. The van der Waals surface area contributed by atoms with E-state index < -0.39 is 0 Å². The Hall–Kier alpha value is -6.89. The number of nitrogens with one attached hydrogen (secondary N) is 4. The molecule has 9 aromatic rings. The molecule has 12 nitrogen and oxygen atoms in total. The molecule has 0 aliphatic rings. The number of hydrogen-bond donors (Lipinski definition) is 2. The number of aromatic nitrogens is 10. The first-order chi connectivity index (χ1) is 29.8. The molecular formula is C48H60F12N10O2V3-6. The summed E-state index contributed by atoms with van der Waals surface area (Å²) >= 11 is 0. The van der Waals surface area contributed by atoms with Crippen LogP contribution in [0.3, 0.4) is 0 Å². The summed E-state index contributed by atoms with van der Waals surface area (Å²) in [5.41, 5.74) is 0. The van der Waals surface area contributed by atoms with E-state index in [2.05, 4.69) is 49.8 Å². The molecule has 0 fully saturated rings. The molecule has 9 rings (SSSR count). The minimum atomic E-state index is 0. The molecule has 9 aromatic heterocycles. The number of aliphatic hydroxyl groups is 2. The molecule has 0 atom stereocenters. The van der Waals surface area contributed by atoms with E-state index in [4.69, 9.17) is 10.2 Å². The minimum Gasteiger partial charge on any atom is -1.00 e. The first-order valence-electron chi connectivity index (χ1n) is 18.8. The van der Waals surface area contributed by atoms with Crippen LogP contribution in [-0.4, -0.2) is 53.3 Å². The largest absolute Gasteiger partial charge is 2.00 e. The summed E-state index contributed by atoms with van der Waals surface area (Å²) in [7, 11) is 0. The van der Waals surface area contributed by atoms with E-state index in [1.807, 2.05) is 195 Å². The molecule has 0 aliphatic carbocycles. The Kier molecular flexibility index (Phi) is 190. The van der Waals surface area contributed by atoms with Crippen molar-refractivity contribution in [3.63, 3.8) is 0 Å². The third-order valence-corrected chi connectivity index (χ3v) is 5.16. The number of aliphatic hydroxyl groups excluding tert-OH is 2. The Balaban J connectivity index is -0.0000000324. The smallest absolute Gasteiger partial charge is 1.00 e. The second-order valence-corrected chi connectivity index (χ2v) is 9.93. The summed E-state index contributed by atoms with van der Waals surface area (Å²) in [4.78, 5) is 34.2. The van der Waals surface area contributed by atoms with Crippen molar-refractivity contribution < 1.29 is 142 Å². The van der Waals surface area contributed by atoms with Gasteiger partial charge in [-0.05, 0) is 86.6 Å². The molecule has 0 saturated heterocycles. The molecule has 6 N–H and O–H groups in total. The number of halogens is 12. The van der Waals surface area contributed by atoms with Gasteiger partial charge in [-0.2, -0.15) is 0 Å². The van der Waals surface area contributed by atoms with Gasteiger partial charge in [-0.25, -0.2) is 19.9 Å². The van der Waals surface area contributed by atoms with Gasteiger partial charge in [0.05, 0.1) is 0 Å². The van der Waals surface area contributed by atoms with E-state index in [0.29, 0.717) is 0 Å². The molecule has 75 heavy (non-hydrogen) atoms. The SMILES string of the molecule is CCO.CCO.[F-].[F-].[F-].[F-].[F-].[F-].[F-].[F-].[F-].[F-].[F-].[F-].[V+2].[V].[V].c1c[nH+]cc[nH+]1.c1cc[nH+]cc1.c1cc[nH+]cc1.c1ccncc1.c1ccncc1.c1ccncc1.c1ccncc1.c1ccncc1.c1ccncc1. The first kappa shape index (κ1) is 117. The van der Waals surface area contributed by atoms with Crippen LogP contribution in [0.1, 0.15) is 13.8 Å². The Morgan fingerprint density at radius 2 is 0.333 bits per heavy atom. The topological polar surface area (TPSA) is 174 Å². The van der Waals surface area contributed by atoms with Gasteiger partial charge in [0.15, 0.2) is 24.8 Å². The summed E-state index contributed by atoms with van der Waals surface area (Å²) in [6.07, 6.45) is 35.8. The van der Waals surface area contributed by atoms with E-state index in [-0.39, 0.29) is 125 Å². The molecule has 27 heteroatoms. The van der Waals surface area contributed by atoms with Gasteiger partial charge in [0.1, 0.15) is 0 Å². The predicted octanol–water partition coefficient (Wildman–Crippen LogP) is -29.2. The molecule has 0 saturated carbocycles. The fraction of sp³-hybridized carbons (Fsp3) is 0.0833. The molecule has 9 heterocycles. The molecule has 419 valence electrons. The van der Waals surface area contributed by atoms with Crippen LogP contribution in [0.5, 0.6) is 0 Å². The average molecular weight is 1190 g/mol. The fourth-order valence-electron chi connectivity index (χ4n) is 2.86. The second kappa shape index (κ2) is 122. The molecule has 0 bridgehead atoms. The number of H-pyrrole nitrogens is 4. The molecule has 0 amide bonds. The normalized spacial score (nSPS) is 6.24. The summed E-state index contributed by atoms with van der Waals surface area (Å²) in [6.45, 7) is 3.86. The molecule has 0 aromatic carbocycles. The second-order valence-electron chi connectivity index (χ2n) is 9.93. The number of aromatic amines is 4. The minimum absolute atomic E-state index is 0. The van der Waals surface area contributed by atoms with Crippen molar-refractivity contribution in [2.45, 2.75) is 13.8 Å².